The van der Waals surface area contributed by atoms with E-state index in [1.54, 1.807) is 0 Å². The number of aromatic amines is 1. The van der Waals surface area contributed by atoms with Gasteiger partial charge in [-0.25, -0.2) is 0 Å². The quantitative estimate of drug-likeness (QED) is 0.668. The van der Waals surface area contributed by atoms with Crippen LogP contribution < -0.4 is 5.32 Å². The lowest BCUT2D eigenvalue weighted by atomic mass is 9.92. The van der Waals surface area contributed by atoms with Crippen molar-refractivity contribution < 1.29 is 5.11 Å². The molecule has 2 rings (SSSR count). The van der Waals surface area contributed by atoms with Crippen LogP contribution in [0.3, 0.4) is 0 Å². The molecule has 4 heteroatoms. The van der Waals surface area contributed by atoms with Gasteiger partial charge in [-0.05, 0) is 12.8 Å². The third kappa shape index (κ3) is 2.33. The van der Waals surface area contributed by atoms with Crippen LogP contribution in [0, 0.1) is 0 Å². The van der Waals surface area contributed by atoms with Gasteiger partial charge in [0.2, 0.25) is 0 Å². The molecule has 0 bridgehead atoms. The van der Waals surface area contributed by atoms with Gasteiger partial charge in [-0.2, -0.15) is 5.10 Å². The number of nitrogens with one attached hydrogen (secondary N) is 2. The van der Waals surface area contributed by atoms with Crippen molar-refractivity contribution >= 4 is 0 Å². The van der Waals surface area contributed by atoms with Gasteiger partial charge in [0.15, 0.2) is 0 Å². The summed E-state index contributed by atoms with van der Waals surface area (Å²) in [6.45, 7) is 0.790. The van der Waals surface area contributed by atoms with E-state index >= 15 is 0 Å². The van der Waals surface area contributed by atoms with Crippen LogP contribution >= 0.6 is 0 Å². The van der Waals surface area contributed by atoms with Gasteiger partial charge in [-0.3, -0.25) is 5.10 Å². The number of hydrogen-bond acceptors (Lipinski definition) is 3. The highest BCUT2D eigenvalue weighted by Crippen LogP contribution is 2.18. The summed E-state index contributed by atoms with van der Waals surface area (Å²) in [6.07, 6.45) is 7.91. The highest BCUT2D eigenvalue weighted by Gasteiger charge is 2.21. The Hall–Kier alpha value is -0.870. The predicted octanol–water partition coefficient (Wildman–Crippen LogP) is 0.803. The maximum Gasteiger partial charge on any atom is 0.0693 e. The average molecular weight is 195 g/mol. The number of nitrogens with zero attached hydrogens (tertiary/aromatic N) is 1. The van der Waals surface area contributed by atoms with Crippen molar-refractivity contribution in [3.63, 3.8) is 0 Å². The van der Waals surface area contributed by atoms with E-state index in [2.05, 4.69) is 15.5 Å². The third-order valence-corrected chi connectivity index (χ3v) is 2.85. The topological polar surface area (TPSA) is 60.9 Å². The average Bonchev–Trinajstić information content (AvgIpc) is 2.69. The molecule has 1 saturated carbocycles. The van der Waals surface area contributed by atoms with Crippen molar-refractivity contribution in [3.05, 3.63) is 18.0 Å². The molecule has 0 aliphatic heterocycles. The highest BCUT2D eigenvalue weighted by atomic mass is 16.3. The van der Waals surface area contributed by atoms with E-state index in [-0.39, 0.29) is 12.1 Å². The molecule has 1 aliphatic rings. The van der Waals surface area contributed by atoms with Crippen LogP contribution in [-0.4, -0.2) is 27.4 Å². The van der Waals surface area contributed by atoms with Crippen molar-refractivity contribution in [2.24, 2.45) is 0 Å². The summed E-state index contributed by atoms with van der Waals surface area (Å²) in [5, 5.41) is 19.7. The molecule has 14 heavy (non-hydrogen) atoms. The van der Waals surface area contributed by atoms with Gasteiger partial charge in [0, 0.05) is 24.3 Å². The summed E-state index contributed by atoms with van der Waals surface area (Å²) in [5.41, 5.74) is 1.14. The molecule has 1 fully saturated rings. The van der Waals surface area contributed by atoms with Gasteiger partial charge >= 0.3 is 0 Å². The molecule has 0 saturated heterocycles. The van der Waals surface area contributed by atoms with E-state index in [0.717, 1.165) is 31.4 Å². The number of H-pyrrole nitrogens is 1. The summed E-state index contributed by atoms with van der Waals surface area (Å²) in [4.78, 5) is 0. The van der Waals surface area contributed by atoms with Gasteiger partial charge in [0.05, 0.1) is 12.3 Å². The first-order valence-corrected chi connectivity index (χ1v) is 5.25. The van der Waals surface area contributed by atoms with E-state index in [4.69, 9.17) is 0 Å². The van der Waals surface area contributed by atoms with Crippen LogP contribution in [0.4, 0.5) is 0 Å². The predicted molar refractivity (Wildman–Crippen MR) is 53.7 cm³/mol. The van der Waals surface area contributed by atoms with Crippen molar-refractivity contribution in [1.29, 1.82) is 0 Å². The number of aliphatic hydroxyl groups is 1. The second-order valence-electron chi connectivity index (χ2n) is 3.95. The van der Waals surface area contributed by atoms with Crippen LogP contribution in [0.1, 0.15) is 31.2 Å². The van der Waals surface area contributed by atoms with Gasteiger partial charge in [-0.15, -0.1) is 0 Å². The molecule has 78 valence electrons. The maximum absolute atomic E-state index is 9.71. The van der Waals surface area contributed by atoms with Crippen molar-refractivity contribution in [2.45, 2.75) is 44.4 Å². The fraction of sp³-hybridized carbons (Fsp3) is 0.700. The van der Waals surface area contributed by atoms with Crippen LogP contribution in [0.5, 0.6) is 0 Å². The van der Waals surface area contributed by atoms with Gasteiger partial charge < -0.3 is 10.4 Å². The summed E-state index contributed by atoms with van der Waals surface area (Å²) in [7, 11) is 0. The van der Waals surface area contributed by atoms with Gasteiger partial charge in [0.25, 0.3) is 0 Å². The summed E-state index contributed by atoms with van der Waals surface area (Å²) >= 11 is 0. The Bertz CT molecular complexity index is 260. The third-order valence-electron chi connectivity index (χ3n) is 2.85. The number of aliphatic hydroxyl groups excluding tert-OH is 1. The minimum atomic E-state index is -0.171. The van der Waals surface area contributed by atoms with Gasteiger partial charge in [-0.1, -0.05) is 12.8 Å². The second-order valence-corrected chi connectivity index (χ2v) is 3.95. The van der Waals surface area contributed by atoms with Crippen molar-refractivity contribution in [2.75, 3.05) is 0 Å². The van der Waals surface area contributed by atoms with Gasteiger partial charge in [0.1, 0.15) is 0 Å². The van der Waals surface area contributed by atoms with Crippen LogP contribution in [0.25, 0.3) is 0 Å². The lowest BCUT2D eigenvalue weighted by Gasteiger charge is -2.28. The molecule has 1 aliphatic carbocycles. The molecule has 4 nitrogen and oxygen atoms in total. The zero-order chi connectivity index (χ0) is 9.80. The first-order chi connectivity index (χ1) is 6.86. The molecule has 0 amide bonds. The Kier molecular flexibility index (Phi) is 3.16. The number of hydrogen-bond donors (Lipinski definition) is 3. The molecule has 0 unspecified atom stereocenters. The second kappa shape index (κ2) is 4.57. The fourth-order valence-electron chi connectivity index (χ4n) is 1.97. The molecule has 1 aromatic heterocycles. The lowest BCUT2D eigenvalue weighted by molar-refractivity contribution is 0.0902. The Balaban J connectivity index is 1.79. The summed E-state index contributed by atoms with van der Waals surface area (Å²) in [6, 6.07) is 0.263. The zero-order valence-electron chi connectivity index (χ0n) is 8.24. The molecule has 1 heterocycles. The Morgan fingerprint density at radius 1 is 1.50 bits per heavy atom. The molecule has 1 aromatic rings. The van der Waals surface area contributed by atoms with Crippen LogP contribution in [0.2, 0.25) is 0 Å². The molecule has 0 aromatic carbocycles. The molecular formula is C10H17N3O. The molecule has 0 radical (unpaired) electrons. The summed E-state index contributed by atoms with van der Waals surface area (Å²) in [5.74, 6) is 0. The zero-order valence-corrected chi connectivity index (χ0v) is 8.24. The maximum atomic E-state index is 9.71. The molecule has 3 N–H and O–H groups in total. The van der Waals surface area contributed by atoms with Crippen molar-refractivity contribution in [1.82, 2.24) is 15.5 Å². The Morgan fingerprint density at radius 2 is 2.36 bits per heavy atom. The molecule has 0 spiro atoms. The van der Waals surface area contributed by atoms with Crippen molar-refractivity contribution in [3.8, 4) is 0 Å². The summed E-state index contributed by atoms with van der Waals surface area (Å²) < 4.78 is 0. The van der Waals surface area contributed by atoms with E-state index in [9.17, 15) is 5.11 Å². The number of aromatic nitrogens is 2. The van der Waals surface area contributed by atoms with E-state index < -0.39 is 0 Å². The van der Waals surface area contributed by atoms with E-state index in [1.807, 2.05) is 12.4 Å². The fourth-order valence-corrected chi connectivity index (χ4v) is 1.97. The Labute approximate surface area is 83.7 Å². The van der Waals surface area contributed by atoms with E-state index in [0.29, 0.717) is 0 Å². The largest absolute Gasteiger partial charge is 0.392 e. The standard InChI is InChI=1S/C10H17N3O/c14-10-4-2-1-3-9(10)11-5-8-6-12-13-7-8/h6-7,9-11,14H,1-5H2,(H,12,13)/t9-,10-/m0/s1. The minimum absolute atomic E-state index is 0.171. The Morgan fingerprint density at radius 3 is 3.07 bits per heavy atom. The first-order valence-electron chi connectivity index (χ1n) is 5.25. The number of rotatable bonds is 3. The highest BCUT2D eigenvalue weighted by molar-refractivity contribution is 5.02. The molecular weight excluding hydrogens is 178 g/mol. The first kappa shape index (κ1) is 9.68. The normalized spacial score (nSPS) is 27.8. The monoisotopic (exact) mass is 195 g/mol. The lowest BCUT2D eigenvalue weighted by Crippen LogP contribution is -2.41. The van der Waals surface area contributed by atoms with Crippen LogP contribution in [0.15, 0.2) is 12.4 Å². The minimum Gasteiger partial charge on any atom is -0.392 e. The van der Waals surface area contributed by atoms with Crippen LogP contribution in [-0.2, 0) is 6.54 Å². The SMILES string of the molecule is O[C@H]1CCCC[C@@H]1NCc1cn[nH]c1. The smallest absolute Gasteiger partial charge is 0.0693 e. The van der Waals surface area contributed by atoms with E-state index in [1.165, 1.54) is 6.42 Å². The molecule has 2 atom stereocenters.